The first-order valence-electron chi connectivity index (χ1n) is 12.0. The molecule has 6 nitrogen and oxygen atoms in total. The van der Waals surface area contributed by atoms with E-state index in [1.54, 1.807) is 24.5 Å². The number of fused-ring (bicyclic) bond motifs is 1. The molecular formula is C27H38N2O4S. The Morgan fingerprint density at radius 2 is 2.21 bits per heavy atom. The number of carbonyl (C=O) groups is 1. The van der Waals surface area contributed by atoms with E-state index >= 15 is 0 Å². The van der Waals surface area contributed by atoms with Gasteiger partial charge in [-0.05, 0) is 61.7 Å². The Hall–Kier alpha value is -2.19. The van der Waals surface area contributed by atoms with Crippen molar-refractivity contribution >= 4 is 17.2 Å². The van der Waals surface area contributed by atoms with Crippen LogP contribution < -0.4 is 4.74 Å². The number of nitrogens with zero attached hydrogens (tertiary/aromatic N) is 2. The summed E-state index contributed by atoms with van der Waals surface area (Å²) in [6.07, 6.45) is 3.54. The third kappa shape index (κ3) is 7.15. The number of aryl methyl sites for hydroxylation is 2. The van der Waals surface area contributed by atoms with Crippen LogP contribution in [0.3, 0.4) is 0 Å². The van der Waals surface area contributed by atoms with E-state index in [0.29, 0.717) is 39.3 Å². The summed E-state index contributed by atoms with van der Waals surface area (Å²) in [4.78, 5) is 18.8. The van der Waals surface area contributed by atoms with Crippen molar-refractivity contribution in [2.45, 2.75) is 45.3 Å². The normalized spacial score (nSPS) is 16.4. The Bertz CT molecular complexity index is 944. The van der Waals surface area contributed by atoms with Crippen LogP contribution in [0, 0.1) is 13.8 Å². The van der Waals surface area contributed by atoms with Crippen LogP contribution in [0.15, 0.2) is 42.3 Å². The minimum Gasteiger partial charge on any atom is -0.491 e. The summed E-state index contributed by atoms with van der Waals surface area (Å²) in [5.41, 5.74) is 3.48. The lowest BCUT2D eigenvalue weighted by atomic mass is 10.00. The molecule has 0 spiro atoms. The molecule has 2 heterocycles. The first-order valence-corrected chi connectivity index (χ1v) is 12.9. The average molecular weight is 487 g/mol. The fraction of sp³-hybridized carbons (Fsp3) is 0.519. The molecule has 3 rings (SSSR count). The number of aliphatic hydroxyl groups excluding tert-OH is 1. The minimum atomic E-state index is -0.504. The number of carbonyl (C=O) groups excluding carboxylic acids is 1. The Balaban J connectivity index is 1.72. The predicted octanol–water partition coefficient (Wildman–Crippen LogP) is 4.15. The molecule has 2 unspecified atom stereocenters. The van der Waals surface area contributed by atoms with Gasteiger partial charge >= 0.3 is 0 Å². The van der Waals surface area contributed by atoms with Gasteiger partial charge in [0.15, 0.2) is 0 Å². The molecule has 0 radical (unpaired) electrons. The first-order chi connectivity index (χ1) is 16.4. The van der Waals surface area contributed by atoms with E-state index in [4.69, 9.17) is 9.47 Å². The van der Waals surface area contributed by atoms with Gasteiger partial charge in [-0.3, -0.25) is 9.69 Å². The van der Waals surface area contributed by atoms with Crippen LogP contribution in [0.5, 0.6) is 5.75 Å². The van der Waals surface area contributed by atoms with Crippen molar-refractivity contribution in [1.29, 1.82) is 0 Å². The molecule has 0 fully saturated rings. The van der Waals surface area contributed by atoms with Gasteiger partial charge in [0.05, 0.1) is 25.3 Å². The molecule has 1 amide bonds. The van der Waals surface area contributed by atoms with Crippen LogP contribution in [0.4, 0.5) is 0 Å². The third-order valence-electron chi connectivity index (χ3n) is 6.29. The number of thiophene rings is 1. The average Bonchev–Trinajstić information content (AvgIpc) is 3.29. The van der Waals surface area contributed by atoms with Crippen molar-refractivity contribution < 1.29 is 19.4 Å². The van der Waals surface area contributed by atoms with Crippen LogP contribution in [0.25, 0.3) is 0 Å². The van der Waals surface area contributed by atoms with Crippen LogP contribution in [-0.4, -0.2) is 73.4 Å². The molecule has 2 atom stereocenters. The predicted molar refractivity (Wildman–Crippen MR) is 138 cm³/mol. The summed E-state index contributed by atoms with van der Waals surface area (Å²) in [6.45, 7) is 10.7. The van der Waals surface area contributed by atoms with Crippen molar-refractivity contribution in [3.8, 4) is 5.75 Å². The van der Waals surface area contributed by atoms with Gasteiger partial charge in [0.25, 0.3) is 0 Å². The molecule has 1 aromatic heterocycles. The molecule has 186 valence electrons. The van der Waals surface area contributed by atoms with Crippen molar-refractivity contribution in [2.24, 2.45) is 0 Å². The first kappa shape index (κ1) is 26.4. The highest BCUT2D eigenvalue weighted by atomic mass is 32.1. The highest BCUT2D eigenvalue weighted by Crippen LogP contribution is 2.34. The standard InChI is InChI=1S/C27H38N2O4S/c1-5-6-7-22(30)17-28(13-14-32-4)18-27(31)29-12-10-26-23(11-15-34-26)24(29)19-33-25-9-8-20(2)16-21(25)3/h5,8-9,11,15-16,22,24,30H,1,6-7,10,12-14,17-19H2,2-4H3. The number of rotatable bonds is 13. The van der Waals surface area contributed by atoms with E-state index in [-0.39, 0.29) is 18.5 Å². The third-order valence-corrected chi connectivity index (χ3v) is 7.28. The van der Waals surface area contributed by atoms with E-state index in [2.05, 4.69) is 31.0 Å². The molecule has 1 aromatic carbocycles. The SMILES string of the molecule is C=CCCC(O)CN(CCOC)CC(=O)N1CCc2sccc2C1COc1ccc(C)cc1C. The Labute approximate surface area is 207 Å². The van der Waals surface area contributed by atoms with Crippen LogP contribution >= 0.6 is 11.3 Å². The molecule has 1 aliphatic heterocycles. The van der Waals surface area contributed by atoms with Gasteiger partial charge in [-0.2, -0.15) is 0 Å². The topological polar surface area (TPSA) is 62.2 Å². The lowest BCUT2D eigenvalue weighted by Crippen LogP contribution is -2.48. The number of aliphatic hydroxyl groups is 1. The van der Waals surface area contributed by atoms with E-state index in [0.717, 1.165) is 24.2 Å². The second-order valence-corrected chi connectivity index (χ2v) is 9.98. The molecule has 0 aliphatic carbocycles. The molecule has 0 saturated heterocycles. The van der Waals surface area contributed by atoms with Crippen molar-refractivity contribution in [3.05, 3.63) is 63.9 Å². The maximum Gasteiger partial charge on any atom is 0.237 e. The number of benzene rings is 1. The highest BCUT2D eigenvalue weighted by Gasteiger charge is 2.33. The number of hydrogen-bond acceptors (Lipinski definition) is 6. The maximum absolute atomic E-state index is 13.5. The van der Waals surface area contributed by atoms with Gasteiger partial charge in [-0.15, -0.1) is 17.9 Å². The second kappa shape index (κ2) is 13.0. The van der Waals surface area contributed by atoms with Gasteiger partial charge in [0, 0.05) is 31.6 Å². The number of hydrogen-bond donors (Lipinski definition) is 1. The second-order valence-electron chi connectivity index (χ2n) is 8.98. The number of allylic oxidation sites excluding steroid dienone is 1. The van der Waals surface area contributed by atoms with Crippen molar-refractivity contribution in [1.82, 2.24) is 9.80 Å². The van der Waals surface area contributed by atoms with Gasteiger partial charge in [-0.1, -0.05) is 23.8 Å². The number of amides is 1. The zero-order valence-electron chi connectivity index (χ0n) is 20.7. The highest BCUT2D eigenvalue weighted by molar-refractivity contribution is 7.10. The van der Waals surface area contributed by atoms with E-state index < -0.39 is 6.10 Å². The lowest BCUT2D eigenvalue weighted by molar-refractivity contribution is -0.136. The van der Waals surface area contributed by atoms with Crippen LogP contribution in [-0.2, 0) is 16.0 Å². The summed E-state index contributed by atoms with van der Waals surface area (Å²) in [5.74, 6) is 0.908. The van der Waals surface area contributed by atoms with E-state index in [9.17, 15) is 9.90 Å². The number of ether oxygens (including phenoxy) is 2. The lowest BCUT2D eigenvalue weighted by Gasteiger charge is -2.37. The molecule has 34 heavy (non-hydrogen) atoms. The van der Waals surface area contributed by atoms with Crippen molar-refractivity contribution in [2.75, 3.05) is 46.5 Å². The van der Waals surface area contributed by atoms with E-state index in [1.807, 2.05) is 28.9 Å². The fourth-order valence-electron chi connectivity index (χ4n) is 4.44. The van der Waals surface area contributed by atoms with E-state index in [1.165, 1.54) is 16.0 Å². The fourth-order valence-corrected chi connectivity index (χ4v) is 5.37. The maximum atomic E-state index is 13.5. The van der Waals surface area contributed by atoms with Crippen LogP contribution in [0.1, 0.15) is 40.5 Å². The van der Waals surface area contributed by atoms with Crippen molar-refractivity contribution in [3.63, 3.8) is 0 Å². The zero-order chi connectivity index (χ0) is 24.5. The summed E-state index contributed by atoms with van der Waals surface area (Å²) in [7, 11) is 1.65. The smallest absolute Gasteiger partial charge is 0.237 e. The minimum absolute atomic E-state index is 0.0538. The molecule has 1 aliphatic rings. The molecule has 2 aromatic rings. The van der Waals surface area contributed by atoms with Gasteiger partial charge in [-0.25, -0.2) is 0 Å². The Kier molecular flexibility index (Phi) is 10.1. The summed E-state index contributed by atoms with van der Waals surface area (Å²) in [6, 6.07) is 8.16. The van der Waals surface area contributed by atoms with Crippen LogP contribution in [0.2, 0.25) is 0 Å². The Morgan fingerprint density at radius 1 is 1.38 bits per heavy atom. The molecule has 0 saturated carbocycles. The summed E-state index contributed by atoms with van der Waals surface area (Å²) < 4.78 is 11.5. The van der Waals surface area contributed by atoms with Gasteiger partial charge < -0.3 is 19.5 Å². The number of methoxy groups -OCH3 is 1. The van der Waals surface area contributed by atoms with Gasteiger partial charge in [0.1, 0.15) is 12.4 Å². The van der Waals surface area contributed by atoms with Gasteiger partial charge in [0.2, 0.25) is 5.91 Å². The molecule has 7 heteroatoms. The molecular weight excluding hydrogens is 448 g/mol. The summed E-state index contributed by atoms with van der Waals surface area (Å²) >= 11 is 1.75. The Morgan fingerprint density at radius 3 is 2.94 bits per heavy atom. The largest absolute Gasteiger partial charge is 0.491 e. The monoisotopic (exact) mass is 486 g/mol. The molecule has 1 N–H and O–H groups in total. The quantitative estimate of drug-likeness (QED) is 0.431. The summed E-state index contributed by atoms with van der Waals surface area (Å²) in [5, 5.41) is 12.5. The zero-order valence-corrected chi connectivity index (χ0v) is 21.5. The molecule has 0 bridgehead atoms.